The first-order chi connectivity index (χ1) is 8.70. The molecule has 1 fully saturated rings. The number of hydrogen-bond donors (Lipinski definition) is 1. The first-order valence-electron chi connectivity index (χ1n) is 6.85. The molecule has 3 heteroatoms. The number of hydrogen-bond acceptors (Lipinski definition) is 3. The highest BCUT2D eigenvalue weighted by atomic mass is 16.5. The Labute approximate surface area is 110 Å². The maximum absolute atomic E-state index is 5.81. The molecule has 1 saturated heterocycles. The van der Waals surface area contributed by atoms with Crippen LogP contribution in [0.5, 0.6) is 0 Å². The second-order valence-electron chi connectivity index (χ2n) is 5.22. The summed E-state index contributed by atoms with van der Waals surface area (Å²) in [7, 11) is 0. The van der Waals surface area contributed by atoms with Crippen molar-refractivity contribution in [3.63, 3.8) is 0 Å². The second-order valence-corrected chi connectivity index (χ2v) is 5.22. The van der Waals surface area contributed by atoms with Gasteiger partial charge in [-0.15, -0.1) is 0 Å². The molecule has 1 aromatic rings. The van der Waals surface area contributed by atoms with Gasteiger partial charge in [-0.05, 0) is 32.4 Å². The molecule has 0 bridgehead atoms. The van der Waals surface area contributed by atoms with Gasteiger partial charge in [-0.2, -0.15) is 0 Å². The quantitative estimate of drug-likeness (QED) is 0.887. The first kappa shape index (κ1) is 13.5. The molecule has 0 spiro atoms. The molecule has 0 aliphatic carbocycles. The summed E-state index contributed by atoms with van der Waals surface area (Å²) in [5.74, 6) is 0. The van der Waals surface area contributed by atoms with Crippen molar-refractivity contribution in [2.75, 3.05) is 19.6 Å². The lowest BCUT2D eigenvalue weighted by molar-refractivity contribution is -0.0816. The third-order valence-corrected chi connectivity index (χ3v) is 3.51. The molecule has 0 amide bonds. The molecule has 3 nitrogen and oxygen atoms in total. The lowest BCUT2D eigenvalue weighted by Gasteiger charge is -2.40. The fraction of sp³-hybridized carbons (Fsp3) is 0.600. The highest BCUT2D eigenvalue weighted by Gasteiger charge is 2.28. The Balaban J connectivity index is 2.14. The number of rotatable bonds is 4. The van der Waals surface area contributed by atoms with Crippen LogP contribution in [0, 0.1) is 0 Å². The van der Waals surface area contributed by atoms with Crippen molar-refractivity contribution in [2.24, 2.45) is 5.73 Å². The lowest BCUT2D eigenvalue weighted by Crippen LogP contribution is -2.47. The Hall–Kier alpha value is -0.900. The van der Waals surface area contributed by atoms with E-state index in [1.165, 1.54) is 5.56 Å². The Morgan fingerprint density at radius 1 is 1.22 bits per heavy atom. The van der Waals surface area contributed by atoms with Crippen molar-refractivity contribution >= 4 is 0 Å². The van der Waals surface area contributed by atoms with Crippen molar-refractivity contribution in [1.29, 1.82) is 0 Å². The number of nitrogens with zero attached hydrogens (tertiary/aromatic N) is 1. The average molecular weight is 248 g/mol. The van der Waals surface area contributed by atoms with Gasteiger partial charge >= 0.3 is 0 Å². The summed E-state index contributed by atoms with van der Waals surface area (Å²) in [6.07, 6.45) is 1.61. The Morgan fingerprint density at radius 2 is 1.83 bits per heavy atom. The van der Waals surface area contributed by atoms with Crippen LogP contribution in [0.25, 0.3) is 0 Å². The third kappa shape index (κ3) is 3.31. The molecule has 0 radical (unpaired) electrons. The summed E-state index contributed by atoms with van der Waals surface area (Å²) in [5.41, 5.74) is 7.15. The zero-order chi connectivity index (χ0) is 13.0. The van der Waals surface area contributed by atoms with E-state index in [1.54, 1.807) is 0 Å². The molecule has 1 unspecified atom stereocenters. The van der Waals surface area contributed by atoms with Gasteiger partial charge in [-0.3, -0.25) is 4.90 Å². The van der Waals surface area contributed by atoms with Crippen LogP contribution in [-0.2, 0) is 4.74 Å². The number of ether oxygens (including phenoxy) is 1. The summed E-state index contributed by atoms with van der Waals surface area (Å²) < 4.78 is 5.81. The van der Waals surface area contributed by atoms with Crippen LogP contribution < -0.4 is 5.73 Å². The van der Waals surface area contributed by atoms with Gasteiger partial charge in [0.15, 0.2) is 0 Å². The second kappa shape index (κ2) is 6.32. The van der Waals surface area contributed by atoms with Crippen molar-refractivity contribution in [3.8, 4) is 0 Å². The van der Waals surface area contributed by atoms with Gasteiger partial charge in [0.25, 0.3) is 0 Å². The van der Waals surface area contributed by atoms with Crippen LogP contribution in [0.1, 0.15) is 31.9 Å². The minimum atomic E-state index is 0.303. The fourth-order valence-corrected chi connectivity index (χ4v) is 2.87. The fourth-order valence-electron chi connectivity index (χ4n) is 2.87. The molecule has 18 heavy (non-hydrogen) atoms. The number of nitrogens with two attached hydrogens (primary N) is 1. The molecule has 0 saturated carbocycles. The summed E-state index contributed by atoms with van der Waals surface area (Å²) in [6, 6.07) is 11.1. The van der Waals surface area contributed by atoms with E-state index < -0.39 is 0 Å². The Bertz CT molecular complexity index is 345. The van der Waals surface area contributed by atoms with Gasteiger partial charge < -0.3 is 10.5 Å². The lowest BCUT2D eigenvalue weighted by atomic mass is 10.0. The van der Waals surface area contributed by atoms with Crippen LogP contribution in [0.15, 0.2) is 30.3 Å². The average Bonchev–Trinajstić information content (AvgIpc) is 2.36. The molecule has 2 N–H and O–H groups in total. The van der Waals surface area contributed by atoms with Crippen LogP contribution in [-0.4, -0.2) is 36.7 Å². The summed E-state index contributed by atoms with van der Waals surface area (Å²) in [5, 5.41) is 0. The zero-order valence-electron chi connectivity index (χ0n) is 11.4. The van der Waals surface area contributed by atoms with Crippen LogP contribution in [0.2, 0.25) is 0 Å². The van der Waals surface area contributed by atoms with E-state index in [0.29, 0.717) is 18.2 Å². The van der Waals surface area contributed by atoms with Crippen molar-refractivity contribution in [2.45, 2.75) is 38.5 Å². The van der Waals surface area contributed by atoms with E-state index >= 15 is 0 Å². The van der Waals surface area contributed by atoms with E-state index in [4.69, 9.17) is 10.5 Å². The van der Waals surface area contributed by atoms with Gasteiger partial charge in [0.05, 0.1) is 12.2 Å². The topological polar surface area (TPSA) is 38.5 Å². The molecule has 3 atom stereocenters. The predicted molar refractivity (Wildman–Crippen MR) is 74.4 cm³/mol. The normalized spacial score (nSPS) is 27.1. The third-order valence-electron chi connectivity index (χ3n) is 3.51. The van der Waals surface area contributed by atoms with E-state index in [0.717, 1.165) is 26.1 Å². The summed E-state index contributed by atoms with van der Waals surface area (Å²) in [4.78, 5) is 2.51. The van der Waals surface area contributed by atoms with Crippen LogP contribution in [0.4, 0.5) is 0 Å². The first-order valence-corrected chi connectivity index (χ1v) is 6.85. The highest BCUT2D eigenvalue weighted by molar-refractivity contribution is 5.19. The minimum absolute atomic E-state index is 0.303. The smallest absolute Gasteiger partial charge is 0.0678 e. The highest BCUT2D eigenvalue weighted by Crippen LogP contribution is 2.27. The van der Waals surface area contributed by atoms with Crippen molar-refractivity contribution < 1.29 is 4.74 Å². The Morgan fingerprint density at radius 3 is 2.39 bits per heavy atom. The van der Waals surface area contributed by atoms with Crippen molar-refractivity contribution in [3.05, 3.63) is 35.9 Å². The van der Waals surface area contributed by atoms with Crippen LogP contribution in [0.3, 0.4) is 0 Å². The molecule has 1 heterocycles. The minimum Gasteiger partial charge on any atom is -0.373 e. The molecular weight excluding hydrogens is 224 g/mol. The monoisotopic (exact) mass is 248 g/mol. The van der Waals surface area contributed by atoms with Gasteiger partial charge in [0, 0.05) is 19.1 Å². The molecule has 1 aliphatic rings. The summed E-state index contributed by atoms with van der Waals surface area (Å²) in [6.45, 7) is 6.99. The number of morpholine rings is 1. The van der Waals surface area contributed by atoms with Gasteiger partial charge in [0.1, 0.15) is 0 Å². The van der Waals surface area contributed by atoms with E-state index in [9.17, 15) is 0 Å². The molecule has 100 valence electrons. The van der Waals surface area contributed by atoms with Gasteiger partial charge in [-0.1, -0.05) is 30.3 Å². The molecule has 1 aromatic carbocycles. The molecule has 1 aliphatic heterocycles. The molecule has 0 aromatic heterocycles. The molecular formula is C15H24N2O. The largest absolute Gasteiger partial charge is 0.373 e. The summed E-state index contributed by atoms with van der Waals surface area (Å²) >= 11 is 0. The zero-order valence-corrected chi connectivity index (χ0v) is 11.4. The molecule has 2 rings (SSSR count). The predicted octanol–water partition coefficient (Wildman–Crippen LogP) is 2.19. The van der Waals surface area contributed by atoms with E-state index in [1.807, 2.05) is 0 Å². The number of benzene rings is 1. The van der Waals surface area contributed by atoms with E-state index in [-0.39, 0.29) is 0 Å². The van der Waals surface area contributed by atoms with Crippen LogP contribution >= 0.6 is 0 Å². The van der Waals surface area contributed by atoms with Gasteiger partial charge in [-0.25, -0.2) is 0 Å². The van der Waals surface area contributed by atoms with E-state index in [2.05, 4.69) is 49.1 Å². The van der Waals surface area contributed by atoms with Gasteiger partial charge in [0.2, 0.25) is 0 Å². The van der Waals surface area contributed by atoms with Crippen molar-refractivity contribution in [1.82, 2.24) is 4.90 Å². The SMILES string of the molecule is C[C@@H]1CN(C(CCN)c2ccccc2)C[C@H](C)O1. The standard InChI is InChI=1S/C15H24N2O/c1-12-10-17(11-13(2)18-12)15(8-9-16)14-6-4-3-5-7-14/h3-7,12-13,15H,8-11,16H2,1-2H3/t12-,13+,15?. The maximum Gasteiger partial charge on any atom is 0.0678 e. The maximum atomic E-state index is 5.81. The Kier molecular flexibility index (Phi) is 4.75.